The Hall–Kier alpha value is -1.03. The second kappa shape index (κ2) is 4.11. The number of nitrogens with zero attached hydrogens (tertiary/aromatic N) is 2. The molecule has 1 aromatic heterocycles. The summed E-state index contributed by atoms with van der Waals surface area (Å²) in [4.78, 5) is 4.00. The predicted molar refractivity (Wildman–Crippen MR) is 47.6 cm³/mol. The fourth-order valence-electron chi connectivity index (χ4n) is 1.11. The van der Waals surface area contributed by atoms with E-state index in [0.717, 1.165) is 18.8 Å². The Morgan fingerprint density at radius 3 is 2.92 bits per heavy atom. The van der Waals surface area contributed by atoms with Crippen molar-refractivity contribution in [2.24, 2.45) is 0 Å². The average molecular weight is 169 g/mol. The van der Waals surface area contributed by atoms with Gasteiger partial charge in [0.15, 0.2) is 5.95 Å². The Labute approximate surface area is 72.3 Å². The van der Waals surface area contributed by atoms with Gasteiger partial charge in [0.05, 0.1) is 18.5 Å². The summed E-state index contributed by atoms with van der Waals surface area (Å²) in [6, 6.07) is 0. The van der Waals surface area contributed by atoms with Crippen LogP contribution >= 0.6 is 0 Å². The number of hydrogen-bond acceptors (Lipinski definition) is 3. The Bertz CT molecular complexity index is 244. The van der Waals surface area contributed by atoms with E-state index in [1.54, 1.807) is 6.20 Å². The number of imidazole rings is 1. The lowest BCUT2D eigenvalue weighted by atomic mass is 10.5. The molecule has 68 valence electrons. The van der Waals surface area contributed by atoms with Crippen LogP contribution in [0.2, 0.25) is 0 Å². The van der Waals surface area contributed by atoms with Crippen molar-refractivity contribution in [1.82, 2.24) is 9.55 Å². The number of ether oxygens (including phenoxy) is 1. The van der Waals surface area contributed by atoms with Gasteiger partial charge >= 0.3 is 0 Å². The minimum absolute atomic E-state index is 0.562. The van der Waals surface area contributed by atoms with E-state index in [-0.39, 0.29) is 0 Å². The third-order valence-electron chi connectivity index (χ3n) is 1.74. The van der Waals surface area contributed by atoms with Gasteiger partial charge in [0.1, 0.15) is 0 Å². The van der Waals surface area contributed by atoms with E-state index in [1.165, 1.54) is 0 Å². The smallest absolute Gasteiger partial charge is 0.200 e. The van der Waals surface area contributed by atoms with E-state index < -0.39 is 0 Å². The first-order chi connectivity index (χ1) is 5.79. The summed E-state index contributed by atoms with van der Waals surface area (Å²) in [5.74, 6) is 0.562. The SMILES string of the molecule is CCOCc1cnc(N)n1CC. The quantitative estimate of drug-likeness (QED) is 0.732. The lowest BCUT2D eigenvalue weighted by Gasteiger charge is -2.05. The Morgan fingerprint density at radius 2 is 2.33 bits per heavy atom. The maximum atomic E-state index is 5.62. The molecule has 1 rings (SSSR count). The van der Waals surface area contributed by atoms with Crippen LogP contribution < -0.4 is 5.73 Å². The van der Waals surface area contributed by atoms with Gasteiger partial charge in [-0.15, -0.1) is 0 Å². The lowest BCUT2D eigenvalue weighted by molar-refractivity contribution is 0.129. The molecule has 0 aliphatic heterocycles. The maximum absolute atomic E-state index is 5.62. The van der Waals surface area contributed by atoms with Crippen molar-refractivity contribution < 1.29 is 4.74 Å². The number of nitrogen functional groups attached to an aromatic ring is 1. The molecule has 0 unspecified atom stereocenters. The third-order valence-corrected chi connectivity index (χ3v) is 1.74. The van der Waals surface area contributed by atoms with Crippen LogP contribution in [0, 0.1) is 0 Å². The van der Waals surface area contributed by atoms with E-state index in [2.05, 4.69) is 4.98 Å². The van der Waals surface area contributed by atoms with Crippen molar-refractivity contribution in [2.45, 2.75) is 27.0 Å². The number of anilines is 1. The van der Waals surface area contributed by atoms with Gasteiger partial charge in [-0.05, 0) is 13.8 Å². The standard InChI is InChI=1S/C8H15N3O/c1-3-11-7(6-12-4-2)5-10-8(11)9/h5H,3-4,6H2,1-2H3,(H2,9,10). The summed E-state index contributed by atoms with van der Waals surface area (Å²) >= 11 is 0. The monoisotopic (exact) mass is 169 g/mol. The first kappa shape index (κ1) is 9.06. The minimum Gasteiger partial charge on any atom is -0.375 e. The topological polar surface area (TPSA) is 53.1 Å². The van der Waals surface area contributed by atoms with Crippen molar-refractivity contribution in [3.8, 4) is 0 Å². The second-order valence-electron chi connectivity index (χ2n) is 2.49. The second-order valence-corrected chi connectivity index (χ2v) is 2.49. The average Bonchev–Trinajstić information content (AvgIpc) is 2.43. The molecule has 0 saturated heterocycles. The summed E-state index contributed by atoms with van der Waals surface area (Å²) in [7, 11) is 0. The summed E-state index contributed by atoms with van der Waals surface area (Å²) in [6.07, 6.45) is 1.76. The van der Waals surface area contributed by atoms with Gasteiger partial charge in [-0.1, -0.05) is 0 Å². The van der Waals surface area contributed by atoms with E-state index in [4.69, 9.17) is 10.5 Å². The van der Waals surface area contributed by atoms with Crippen LogP contribution in [-0.4, -0.2) is 16.2 Å². The van der Waals surface area contributed by atoms with Crippen LogP contribution in [0.3, 0.4) is 0 Å². The van der Waals surface area contributed by atoms with Crippen LogP contribution in [-0.2, 0) is 17.9 Å². The van der Waals surface area contributed by atoms with Crippen molar-refractivity contribution >= 4 is 5.95 Å². The fourth-order valence-corrected chi connectivity index (χ4v) is 1.11. The van der Waals surface area contributed by atoms with E-state index in [0.29, 0.717) is 12.6 Å². The first-order valence-electron chi connectivity index (χ1n) is 4.17. The summed E-state index contributed by atoms with van der Waals surface area (Å²) in [6.45, 7) is 6.15. The summed E-state index contributed by atoms with van der Waals surface area (Å²) in [5.41, 5.74) is 6.66. The molecule has 1 aromatic rings. The minimum atomic E-state index is 0.562. The van der Waals surface area contributed by atoms with Crippen molar-refractivity contribution in [3.05, 3.63) is 11.9 Å². The molecule has 0 saturated carbocycles. The molecule has 4 heteroatoms. The molecule has 1 heterocycles. The molecule has 0 amide bonds. The Morgan fingerprint density at radius 1 is 1.58 bits per heavy atom. The van der Waals surface area contributed by atoms with Crippen LogP contribution in [0.15, 0.2) is 6.20 Å². The van der Waals surface area contributed by atoms with Gasteiger partial charge in [-0.3, -0.25) is 0 Å². The molecule has 4 nitrogen and oxygen atoms in total. The van der Waals surface area contributed by atoms with Gasteiger partial charge in [0.2, 0.25) is 0 Å². The molecule has 0 aliphatic rings. The molecular formula is C8H15N3O. The van der Waals surface area contributed by atoms with Gasteiger partial charge in [-0.2, -0.15) is 0 Å². The Kier molecular flexibility index (Phi) is 3.10. The molecule has 0 radical (unpaired) electrons. The van der Waals surface area contributed by atoms with E-state index in [9.17, 15) is 0 Å². The largest absolute Gasteiger partial charge is 0.375 e. The molecule has 0 atom stereocenters. The zero-order chi connectivity index (χ0) is 8.97. The molecule has 0 aliphatic carbocycles. The van der Waals surface area contributed by atoms with Gasteiger partial charge in [-0.25, -0.2) is 4.98 Å². The highest BCUT2D eigenvalue weighted by Crippen LogP contribution is 2.07. The highest BCUT2D eigenvalue weighted by Gasteiger charge is 2.03. The molecule has 0 bridgehead atoms. The predicted octanol–water partition coefficient (Wildman–Crippen LogP) is 1.02. The molecule has 0 fully saturated rings. The van der Waals surface area contributed by atoms with Crippen molar-refractivity contribution in [3.63, 3.8) is 0 Å². The summed E-state index contributed by atoms with van der Waals surface area (Å²) in [5, 5.41) is 0. The first-order valence-corrected chi connectivity index (χ1v) is 4.17. The zero-order valence-corrected chi connectivity index (χ0v) is 7.58. The number of hydrogen-bond donors (Lipinski definition) is 1. The molecule has 12 heavy (non-hydrogen) atoms. The van der Waals surface area contributed by atoms with Crippen molar-refractivity contribution in [1.29, 1.82) is 0 Å². The van der Waals surface area contributed by atoms with Gasteiger partial charge < -0.3 is 15.0 Å². The van der Waals surface area contributed by atoms with Crippen LogP contribution in [0.4, 0.5) is 5.95 Å². The number of rotatable bonds is 4. The van der Waals surface area contributed by atoms with Gasteiger partial charge in [0.25, 0.3) is 0 Å². The number of aromatic nitrogens is 2. The Balaban J connectivity index is 2.70. The highest BCUT2D eigenvalue weighted by molar-refractivity contribution is 5.22. The van der Waals surface area contributed by atoms with Gasteiger partial charge in [0, 0.05) is 13.2 Å². The molecule has 0 spiro atoms. The normalized spacial score (nSPS) is 10.5. The highest BCUT2D eigenvalue weighted by atomic mass is 16.5. The fraction of sp³-hybridized carbons (Fsp3) is 0.625. The number of nitrogens with two attached hydrogens (primary N) is 1. The zero-order valence-electron chi connectivity index (χ0n) is 7.58. The summed E-state index contributed by atoms with van der Waals surface area (Å²) < 4.78 is 7.20. The molecular weight excluding hydrogens is 154 g/mol. The van der Waals surface area contributed by atoms with E-state index >= 15 is 0 Å². The van der Waals surface area contributed by atoms with Crippen molar-refractivity contribution in [2.75, 3.05) is 12.3 Å². The van der Waals surface area contributed by atoms with Crippen LogP contribution in [0.25, 0.3) is 0 Å². The lowest BCUT2D eigenvalue weighted by Crippen LogP contribution is -2.06. The van der Waals surface area contributed by atoms with Crippen LogP contribution in [0.1, 0.15) is 19.5 Å². The molecule has 2 N–H and O–H groups in total. The molecule has 0 aromatic carbocycles. The maximum Gasteiger partial charge on any atom is 0.200 e. The van der Waals surface area contributed by atoms with E-state index in [1.807, 2.05) is 18.4 Å². The van der Waals surface area contributed by atoms with Crippen LogP contribution in [0.5, 0.6) is 0 Å². The third kappa shape index (κ3) is 1.76.